The number of halogens is 2. The van der Waals surface area contributed by atoms with E-state index in [0.717, 1.165) is 47.2 Å². The van der Waals surface area contributed by atoms with Gasteiger partial charge in [-0.05, 0) is 78.6 Å². The van der Waals surface area contributed by atoms with E-state index in [0.29, 0.717) is 12.0 Å². The van der Waals surface area contributed by atoms with Crippen molar-refractivity contribution in [3.8, 4) is 0 Å². The molecule has 0 bridgehead atoms. The predicted molar refractivity (Wildman–Crippen MR) is 94.3 cm³/mol. The summed E-state index contributed by atoms with van der Waals surface area (Å²) in [6, 6.07) is 8.23. The van der Waals surface area contributed by atoms with E-state index in [4.69, 9.17) is 5.14 Å². The number of allylic oxidation sites excluding steroid dienone is 2. The third-order valence-electron chi connectivity index (χ3n) is 4.70. The highest BCUT2D eigenvalue weighted by Crippen LogP contribution is 2.41. The minimum atomic E-state index is -4.45. The second-order valence-corrected chi connectivity index (χ2v) is 7.92. The molecule has 0 saturated carbocycles. The summed E-state index contributed by atoms with van der Waals surface area (Å²) in [5.41, 5.74) is 5.63. The highest BCUT2D eigenvalue weighted by atomic mass is 32.2. The third-order valence-corrected chi connectivity index (χ3v) is 5.66. The van der Waals surface area contributed by atoms with E-state index >= 15 is 0 Å². The van der Waals surface area contributed by atoms with Gasteiger partial charge < -0.3 is 0 Å². The summed E-state index contributed by atoms with van der Waals surface area (Å²) < 4.78 is 51.1. The Morgan fingerprint density at radius 2 is 1.44 bits per heavy atom. The van der Waals surface area contributed by atoms with Gasteiger partial charge in [-0.1, -0.05) is 18.2 Å². The van der Waals surface area contributed by atoms with Crippen molar-refractivity contribution in [2.24, 2.45) is 5.14 Å². The van der Waals surface area contributed by atoms with Crippen LogP contribution >= 0.6 is 0 Å². The van der Waals surface area contributed by atoms with Gasteiger partial charge in [-0.15, -0.1) is 0 Å². The molecule has 0 spiro atoms. The summed E-state index contributed by atoms with van der Waals surface area (Å²) in [5, 5.41) is 4.89. The molecule has 132 valence electrons. The first-order chi connectivity index (χ1) is 11.7. The molecule has 0 saturated heterocycles. The Balaban J connectivity index is 2.15. The maximum absolute atomic E-state index is 14.2. The van der Waals surface area contributed by atoms with Crippen molar-refractivity contribution < 1.29 is 17.2 Å². The minimum absolute atomic E-state index is 0.369. The highest BCUT2D eigenvalue weighted by Gasteiger charge is 2.24. The molecule has 0 unspecified atom stereocenters. The Hall–Kier alpha value is -2.05. The maximum Gasteiger partial charge on any atom is 0.243 e. The van der Waals surface area contributed by atoms with Crippen LogP contribution in [-0.4, -0.2) is 8.42 Å². The van der Waals surface area contributed by atoms with Gasteiger partial charge in [0.2, 0.25) is 10.0 Å². The zero-order valence-corrected chi connectivity index (χ0v) is 14.9. The van der Waals surface area contributed by atoms with Crippen LogP contribution in [0.1, 0.15) is 41.5 Å². The lowest BCUT2D eigenvalue weighted by Crippen LogP contribution is -2.16. The number of aryl methyl sites for hydroxylation is 2. The Kier molecular flexibility index (Phi) is 4.51. The smallest absolute Gasteiger partial charge is 0.224 e. The van der Waals surface area contributed by atoms with Crippen molar-refractivity contribution in [2.45, 2.75) is 38.0 Å². The molecule has 2 aromatic carbocycles. The molecular weight excluding hydrogens is 344 g/mol. The van der Waals surface area contributed by atoms with Gasteiger partial charge >= 0.3 is 0 Å². The van der Waals surface area contributed by atoms with Crippen molar-refractivity contribution in [1.29, 1.82) is 0 Å². The number of primary sulfonamides is 1. The average molecular weight is 363 g/mol. The van der Waals surface area contributed by atoms with E-state index in [9.17, 15) is 17.2 Å². The standard InChI is InChI=1S/C19H19F2NO2S/c1-11-6-7-13(8-12(11)2)15-4-3-5-16(15)14-9-17(20)19(18(21)10-14)25(22,23)24/h6-10H,3-5H2,1-2H3,(H2,22,23,24). The van der Waals surface area contributed by atoms with Gasteiger partial charge in [-0.25, -0.2) is 22.3 Å². The van der Waals surface area contributed by atoms with Gasteiger partial charge in [0.15, 0.2) is 4.90 Å². The molecule has 0 heterocycles. The van der Waals surface area contributed by atoms with Crippen LogP contribution < -0.4 is 5.14 Å². The van der Waals surface area contributed by atoms with Gasteiger partial charge in [-0.2, -0.15) is 0 Å². The largest absolute Gasteiger partial charge is 0.243 e. The van der Waals surface area contributed by atoms with Crippen molar-refractivity contribution in [3.05, 3.63) is 64.2 Å². The molecule has 2 N–H and O–H groups in total. The van der Waals surface area contributed by atoms with Crippen LogP contribution in [0, 0.1) is 25.5 Å². The topological polar surface area (TPSA) is 60.2 Å². The van der Waals surface area contributed by atoms with Gasteiger partial charge in [0.25, 0.3) is 0 Å². The molecule has 1 aliphatic carbocycles. The first-order valence-corrected chi connectivity index (χ1v) is 9.55. The van der Waals surface area contributed by atoms with Crippen LogP contribution in [0.5, 0.6) is 0 Å². The van der Waals surface area contributed by atoms with Crippen LogP contribution in [0.25, 0.3) is 11.1 Å². The maximum atomic E-state index is 14.2. The zero-order valence-electron chi connectivity index (χ0n) is 14.1. The lowest BCUT2D eigenvalue weighted by atomic mass is 9.95. The molecule has 25 heavy (non-hydrogen) atoms. The summed E-state index contributed by atoms with van der Waals surface area (Å²) in [5.74, 6) is -2.31. The Bertz CT molecular complexity index is 971. The monoisotopic (exact) mass is 363 g/mol. The second kappa shape index (κ2) is 6.35. The summed E-state index contributed by atoms with van der Waals surface area (Å²) in [4.78, 5) is -1.08. The van der Waals surface area contributed by atoms with Gasteiger partial charge in [-0.3, -0.25) is 0 Å². The van der Waals surface area contributed by atoms with Crippen LogP contribution in [0.15, 0.2) is 35.2 Å². The molecule has 0 aromatic heterocycles. The van der Waals surface area contributed by atoms with Gasteiger partial charge in [0.1, 0.15) is 11.6 Å². The van der Waals surface area contributed by atoms with Gasteiger partial charge in [0.05, 0.1) is 0 Å². The number of benzene rings is 2. The third kappa shape index (κ3) is 3.37. The van der Waals surface area contributed by atoms with E-state index in [1.807, 2.05) is 26.0 Å². The molecule has 0 fully saturated rings. The molecule has 6 heteroatoms. The first-order valence-electron chi connectivity index (χ1n) is 8.00. The quantitative estimate of drug-likeness (QED) is 0.883. The van der Waals surface area contributed by atoms with E-state index < -0.39 is 26.6 Å². The fourth-order valence-corrected chi connectivity index (χ4v) is 3.98. The van der Waals surface area contributed by atoms with E-state index in [-0.39, 0.29) is 0 Å². The fraction of sp³-hybridized carbons (Fsp3) is 0.263. The lowest BCUT2D eigenvalue weighted by molar-refractivity contribution is 0.519. The fourth-order valence-electron chi connectivity index (χ4n) is 3.32. The van der Waals surface area contributed by atoms with Gasteiger partial charge in [0, 0.05) is 0 Å². The number of nitrogens with two attached hydrogens (primary N) is 1. The van der Waals surface area contributed by atoms with Crippen LogP contribution in [0.2, 0.25) is 0 Å². The molecule has 0 aliphatic heterocycles. The normalized spacial score (nSPS) is 15.1. The van der Waals surface area contributed by atoms with Crippen LogP contribution in [-0.2, 0) is 10.0 Å². The molecular formula is C19H19F2NO2S. The Morgan fingerprint density at radius 3 is 1.96 bits per heavy atom. The molecule has 3 rings (SSSR count). The lowest BCUT2D eigenvalue weighted by Gasteiger charge is -2.12. The number of sulfonamides is 1. The van der Waals surface area contributed by atoms with E-state index in [1.54, 1.807) is 0 Å². The summed E-state index contributed by atoms with van der Waals surface area (Å²) in [6.45, 7) is 4.05. The van der Waals surface area contributed by atoms with Crippen molar-refractivity contribution in [2.75, 3.05) is 0 Å². The van der Waals surface area contributed by atoms with E-state index in [1.165, 1.54) is 5.56 Å². The SMILES string of the molecule is Cc1ccc(C2=C(c3cc(F)c(S(N)(=O)=O)c(F)c3)CCC2)cc1C. The van der Waals surface area contributed by atoms with Crippen molar-refractivity contribution in [1.82, 2.24) is 0 Å². The molecule has 1 aliphatic rings. The van der Waals surface area contributed by atoms with Crippen LogP contribution in [0.4, 0.5) is 8.78 Å². The summed E-state index contributed by atoms with van der Waals surface area (Å²) >= 11 is 0. The Labute approximate surface area is 146 Å². The first kappa shape index (κ1) is 17.8. The average Bonchev–Trinajstić information content (AvgIpc) is 2.97. The minimum Gasteiger partial charge on any atom is -0.224 e. The number of rotatable bonds is 3. The number of hydrogen-bond donors (Lipinski definition) is 1. The summed E-state index contributed by atoms with van der Waals surface area (Å²) in [7, 11) is -4.45. The van der Waals surface area contributed by atoms with Crippen LogP contribution in [0.3, 0.4) is 0 Å². The predicted octanol–water partition coefficient (Wildman–Crippen LogP) is 4.32. The molecule has 2 aromatic rings. The molecule has 0 atom stereocenters. The molecule has 0 radical (unpaired) electrons. The molecule has 0 amide bonds. The molecule has 3 nitrogen and oxygen atoms in total. The van der Waals surface area contributed by atoms with Crippen molar-refractivity contribution >= 4 is 21.2 Å². The number of hydrogen-bond acceptors (Lipinski definition) is 2. The van der Waals surface area contributed by atoms with Crippen molar-refractivity contribution in [3.63, 3.8) is 0 Å². The zero-order chi connectivity index (χ0) is 18.4. The Morgan fingerprint density at radius 1 is 0.880 bits per heavy atom. The summed E-state index contributed by atoms with van der Waals surface area (Å²) in [6.07, 6.45) is 2.39. The van der Waals surface area contributed by atoms with E-state index in [2.05, 4.69) is 6.07 Å². The highest BCUT2D eigenvalue weighted by molar-refractivity contribution is 7.89. The second-order valence-electron chi connectivity index (χ2n) is 6.42.